The van der Waals surface area contributed by atoms with E-state index in [1.54, 1.807) is 7.05 Å². The fraction of sp³-hybridized carbons (Fsp3) is 0.391. The molecule has 1 saturated heterocycles. The zero-order chi connectivity index (χ0) is 23.3. The highest BCUT2D eigenvalue weighted by Gasteiger charge is 2.41. The first kappa shape index (κ1) is 21.8. The van der Waals surface area contributed by atoms with Crippen LogP contribution in [0.5, 0.6) is 0 Å². The molecule has 172 valence electrons. The minimum Gasteiger partial charge on any atom is -0.364 e. The number of anilines is 1. The number of tetrazole rings is 1. The molecule has 0 bridgehead atoms. The van der Waals surface area contributed by atoms with Crippen molar-refractivity contribution in [3.8, 4) is 11.4 Å². The van der Waals surface area contributed by atoms with E-state index in [1.165, 1.54) is 10.4 Å². The van der Waals surface area contributed by atoms with Crippen LogP contribution in [-0.2, 0) is 11.8 Å². The first-order valence-corrected chi connectivity index (χ1v) is 11.2. The Hall–Kier alpha value is -3.07. The summed E-state index contributed by atoms with van der Waals surface area (Å²) in [6, 6.07) is 13.9. The van der Waals surface area contributed by atoms with E-state index in [9.17, 15) is 13.6 Å². The molecular formula is C23H23ClF2N6O. The Morgan fingerprint density at radius 3 is 2.64 bits per heavy atom. The van der Waals surface area contributed by atoms with Crippen LogP contribution in [0.15, 0.2) is 42.5 Å². The van der Waals surface area contributed by atoms with E-state index < -0.39 is 17.3 Å². The maximum absolute atomic E-state index is 13.3. The number of nitrogens with zero attached hydrogens (tertiary/aromatic N) is 5. The quantitative estimate of drug-likeness (QED) is 0.583. The lowest BCUT2D eigenvalue weighted by Crippen LogP contribution is -2.49. The van der Waals surface area contributed by atoms with Crippen molar-refractivity contribution in [2.45, 2.75) is 43.1 Å². The van der Waals surface area contributed by atoms with Gasteiger partial charge in [-0.05, 0) is 64.5 Å². The maximum Gasteiger partial charge on any atom is 0.399 e. The predicted octanol–water partition coefficient (Wildman–Crippen LogP) is 4.00. The molecule has 10 heteroatoms. The van der Waals surface area contributed by atoms with Gasteiger partial charge in [0.05, 0.1) is 13.1 Å². The van der Waals surface area contributed by atoms with Gasteiger partial charge in [0.15, 0.2) is 0 Å². The van der Waals surface area contributed by atoms with E-state index in [4.69, 9.17) is 11.6 Å². The number of alkyl halides is 3. The van der Waals surface area contributed by atoms with Gasteiger partial charge in [0.25, 0.3) is 0 Å². The van der Waals surface area contributed by atoms with Crippen LogP contribution in [0.2, 0.25) is 0 Å². The van der Waals surface area contributed by atoms with Crippen molar-refractivity contribution in [3.63, 3.8) is 0 Å². The molecule has 5 rings (SSSR count). The number of hydrogen-bond donors (Lipinski definition) is 1. The summed E-state index contributed by atoms with van der Waals surface area (Å²) in [6.07, 6.45) is 1.05. The Morgan fingerprint density at radius 1 is 1.18 bits per heavy atom. The van der Waals surface area contributed by atoms with Crippen LogP contribution in [0.25, 0.3) is 11.4 Å². The normalized spacial score (nSPS) is 22.1. The fourth-order valence-electron chi connectivity index (χ4n) is 5.02. The minimum atomic E-state index is -3.91. The van der Waals surface area contributed by atoms with Gasteiger partial charge in [-0.25, -0.2) is 0 Å². The molecule has 3 atom stereocenters. The summed E-state index contributed by atoms with van der Waals surface area (Å²) in [7, 11) is 1.73. The van der Waals surface area contributed by atoms with Gasteiger partial charge in [-0.1, -0.05) is 31.2 Å². The van der Waals surface area contributed by atoms with Crippen molar-refractivity contribution in [1.82, 2.24) is 25.5 Å². The van der Waals surface area contributed by atoms with Crippen molar-refractivity contribution < 1.29 is 13.6 Å². The van der Waals surface area contributed by atoms with Crippen LogP contribution in [0.4, 0.5) is 14.5 Å². The monoisotopic (exact) mass is 472 g/mol. The number of carbonyl (C=O) groups is 1. The average Bonchev–Trinajstić information content (AvgIpc) is 3.20. The summed E-state index contributed by atoms with van der Waals surface area (Å²) in [4.78, 5) is 15.5. The predicted molar refractivity (Wildman–Crippen MR) is 120 cm³/mol. The van der Waals surface area contributed by atoms with Gasteiger partial charge in [-0.15, -0.1) is 10.2 Å². The number of benzene rings is 2. The highest BCUT2D eigenvalue weighted by molar-refractivity contribution is 6.32. The minimum absolute atomic E-state index is 0.0617. The molecule has 1 N–H and O–H groups in total. The lowest BCUT2D eigenvalue weighted by atomic mass is 9.86. The second-order valence-electron chi connectivity index (χ2n) is 8.63. The third-order valence-electron chi connectivity index (χ3n) is 6.59. The summed E-state index contributed by atoms with van der Waals surface area (Å²) >= 11 is 4.93. The van der Waals surface area contributed by atoms with Gasteiger partial charge < -0.3 is 10.2 Å². The molecule has 3 heterocycles. The Bertz CT molecular complexity index is 1210. The van der Waals surface area contributed by atoms with E-state index in [0.717, 1.165) is 22.4 Å². The van der Waals surface area contributed by atoms with Crippen LogP contribution in [0, 0.1) is 0 Å². The number of rotatable bonds is 3. The summed E-state index contributed by atoms with van der Waals surface area (Å²) in [5, 5.41) is 10.9. The maximum atomic E-state index is 13.3. The van der Waals surface area contributed by atoms with Crippen LogP contribution in [0.3, 0.4) is 0 Å². The summed E-state index contributed by atoms with van der Waals surface area (Å²) in [5.41, 5.74) is 5.42. The smallest absolute Gasteiger partial charge is 0.364 e. The van der Waals surface area contributed by atoms with Crippen molar-refractivity contribution in [2.75, 3.05) is 11.4 Å². The number of halogens is 3. The number of hydrogen-bond acceptors (Lipinski definition) is 5. The van der Waals surface area contributed by atoms with Gasteiger partial charge in [0.1, 0.15) is 0 Å². The van der Waals surface area contributed by atoms with Crippen LogP contribution < -0.4 is 10.2 Å². The molecule has 0 saturated carbocycles. The molecule has 33 heavy (non-hydrogen) atoms. The summed E-state index contributed by atoms with van der Waals surface area (Å²) < 4.78 is 26.5. The molecule has 0 unspecified atom stereocenters. The zero-order valence-electron chi connectivity index (χ0n) is 18.2. The van der Waals surface area contributed by atoms with Gasteiger partial charge in [0.2, 0.25) is 5.82 Å². The second kappa shape index (κ2) is 8.06. The molecule has 2 aromatic carbocycles. The van der Waals surface area contributed by atoms with Crippen molar-refractivity contribution in [2.24, 2.45) is 7.05 Å². The molecule has 1 amide bonds. The van der Waals surface area contributed by atoms with Gasteiger partial charge in [-0.3, -0.25) is 4.79 Å². The van der Waals surface area contributed by atoms with Gasteiger partial charge >= 0.3 is 11.3 Å². The summed E-state index contributed by atoms with van der Waals surface area (Å²) in [6.45, 7) is 2.78. The van der Waals surface area contributed by atoms with Crippen molar-refractivity contribution in [1.29, 1.82) is 0 Å². The molecule has 1 fully saturated rings. The third-order valence-corrected chi connectivity index (χ3v) is 6.76. The summed E-state index contributed by atoms with van der Waals surface area (Å²) in [5.74, 6) is -0.789. The van der Waals surface area contributed by atoms with Crippen molar-refractivity contribution in [3.05, 3.63) is 59.2 Å². The van der Waals surface area contributed by atoms with Crippen LogP contribution in [0.1, 0.15) is 48.4 Å². The third kappa shape index (κ3) is 3.94. The Balaban J connectivity index is 1.55. The molecule has 1 aromatic heterocycles. The molecule has 0 spiro atoms. The molecule has 0 radical (unpaired) electrons. The largest absolute Gasteiger partial charge is 0.399 e. The van der Waals surface area contributed by atoms with E-state index in [-0.39, 0.29) is 12.0 Å². The second-order valence-corrected chi connectivity index (χ2v) is 9.10. The first-order chi connectivity index (χ1) is 15.7. The van der Waals surface area contributed by atoms with E-state index >= 15 is 0 Å². The molecule has 2 aliphatic rings. The Kier molecular flexibility index (Phi) is 5.31. The number of piperidine rings is 1. The number of fused-ring (bicyclic) bond motifs is 5. The molecular weight excluding hydrogens is 450 g/mol. The Labute approximate surface area is 194 Å². The van der Waals surface area contributed by atoms with E-state index in [1.807, 2.05) is 18.2 Å². The molecule has 7 nitrogen and oxygen atoms in total. The zero-order valence-corrected chi connectivity index (χ0v) is 18.9. The fourth-order valence-corrected chi connectivity index (χ4v) is 5.08. The highest BCUT2D eigenvalue weighted by atomic mass is 35.5. The van der Waals surface area contributed by atoms with Crippen molar-refractivity contribution >= 4 is 23.2 Å². The van der Waals surface area contributed by atoms with Gasteiger partial charge in [-0.2, -0.15) is 13.6 Å². The number of aryl methyl sites for hydroxylation is 1. The van der Waals surface area contributed by atoms with Crippen LogP contribution in [-0.4, -0.2) is 44.1 Å². The van der Waals surface area contributed by atoms with Crippen LogP contribution >= 0.6 is 11.6 Å². The van der Waals surface area contributed by atoms with E-state index in [0.29, 0.717) is 25.2 Å². The van der Waals surface area contributed by atoms with Gasteiger partial charge in [0, 0.05) is 29.8 Å². The Morgan fingerprint density at radius 2 is 1.94 bits per heavy atom. The molecule has 0 aliphatic carbocycles. The molecule has 3 aromatic rings. The molecule has 2 aliphatic heterocycles. The standard InChI is InChI=1S/C23H23ClF2N6O/c1-13-16-5-3-4-6-17(16)20-12-15(27-22(33)23(24,25)26)9-10-32(20)19-8-7-14(11-18(13)19)21-28-30-31(2)29-21/h3-8,11,13,15,20H,9-10,12H2,1-2H3,(H,27,33)/t13-,15-,20-/m1/s1. The topological polar surface area (TPSA) is 75.9 Å². The number of aromatic nitrogens is 4. The average molecular weight is 473 g/mol. The lowest BCUT2D eigenvalue weighted by molar-refractivity contribution is -0.136. The first-order valence-electron chi connectivity index (χ1n) is 10.8. The lowest BCUT2D eigenvalue weighted by Gasteiger charge is -2.41. The van der Waals surface area contributed by atoms with E-state index in [2.05, 4.69) is 56.8 Å². The number of nitrogens with one attached hydrogen (secondary N) is 1. The number of amides is 1. The highest BCUT2D eigenvalue weighted by Crippen LogP contribution is 2.47. The SMILES string of the molecule is C[C@@H]1c2ccccc2[C@H]2C[C@H](NC(=O)C(F)(F)Cl)CCN2c2ccc(-c3nnn(C)n3)cc21. The number of carbonyl (C=O) groups excluding carboxylic acids is 1.